The molecule has 44 heteroatoms. The topological polar surface area (TPSA) is 528 Å². The second-order valence-electron chi connectivity index (χ2n) is 25.2. The highest BCUT2D eigenvalue weighted by Crippen LogP contribution is 2.44. The highest BCUT2D eigenvalue weighted by atomic mass is 32.2. The fourth-order valence-corrected chi connectivity index (χ4v) is 18.9. The third kappa shape index (κ3) is 17.8. The molecule has 3 unspecified atom stereocenters. The Balaban J connectivity index is 0.000000170. The molecule has 12 heterocycles. The molecule has 0 aromatic carbocycles. The molecular weight excluding hydrogens is 1460 g/mol. The molecule has 12 rings (SSSR count). The zero-order valence-electron chi connectivity index (χ0n) is 55.3. The summed E-state index contributed by atoms with van der Waals surface area (Å²) in [5, 5.41) is 54.8. The zero-order valence-corrected chi connectivity index (χ0v) is 61.1. The normalized spacial score (nSPS) is 24.1. The van der Waals surface area contributed by atoms with Crippen LogP contribution < -0.4 is 48.0 Å². The van der Waals surface area contributed by atoms with Gasteiger partial charge in [0, 0.05) is 88.6 Å². The number of carboxylic acids is 3. The molecule has 0 aliphatic carbocycles. The summed E-state index contributed by atoms with van der Waals surface area (Å²) in [6.07, 6.45) is 6.69. The number of rotatable bonds is 21. The molecule has 9 aliphatic heterocycles. The highest BCUT2D eigenvalue weighted by Gasteiger charge is 2.58. The number of oxime groups is 3. The number of carbonyl (C=O) groups is 9. The number of phosphoric acid groups is 1. The van der Waals surface area contributed by atoms with Crippen molar-refractivity contribution in [3.63, 3.8) is 0 Å². The molecule has 0 saturated carbocycles. The maximum Gasteiger partial charge on any atom is 0.352 e. The number of fused-ring (bicyclic) bond motifs is 3. The lowest BCUT2D eigenvalue weighted by Gasteiger charge is -2.51. The summed E-state index contributed by atoms with van der Waals surface area (Å²) in [7, 11) is 5.10. The van der Waals surface area contributed by atoms with Gasteiger partial charge in [0.2, 0.25) is 0 Å². The molecule has 6 amide bonds. The smallest absolute Gasteiger partial charge is 0.352 e. The molecule has 0 spiro atoms. The average Bonchev–Trinajstić information content (AvgIpc) is 1.37. The van der Waals surface area contributed by atoms with E-state index in [9.17, 15) is 58.5 Å². The first-order valence-electron chi connectivity index (χ1n) is 31.1. The number of carbonyl (C=O) groups excluding carboxylic acids is 7. The zero-order chi connectivity index (χ0) is 73.6. The van der Waals surface area contributed by atoms with Crippen molar-refractivity contribution in [2.24, 2.45) is 15.5 Å². The van der Waals surface area contributed by atoms with Gasteiger partial charge in [0.25, 0.3) is 35.4 Å². The lowest BCUT2D eigenvalue weighted by molar-refractivity contribution is -0.893. The van der Waals surface area contributed by atoms with Crippen LogP contribution in [0.2, 0.25) is 0 Å². The van der Waals surface area contributed by atoms with Crippen LogP contribution in [0.4, 0.5) is 15.4 Å². The summed E-state index contributed by atoms with van der Waals surface area (Å²) in [5.41, 5.74) is 19.6. The number of hydrogen-bond donors (Lipinski definition) is 9. The van der Waals surface area contributed by atoms with Crippen molar-refractivity contribution < 1.29 is 106 Å². The molecular formula is C57H75N18O19PS6. The van der Waals surface area contributed by atoms with Crippen LogP contribution in [-0.2, 0) is 62.2 Å². The van der Waals surface area contributed by atoms with E-state index in [0.717, 1.165) is 136 Å². The van der Waals surface area contributed by atoms with Crippen molar-refractivity contribution in [2.45, 2.75) is 72.8 Å². The number of nitrogens with one attached hydrogen (secondary N) is 3. The van der Waals surface area contributed by atoms with Crippen LogP contribution in [-0.4, -0.2) is 282 Å². The van der Waals surface area contributed by atoms with E-state index >= 15 is 0 Å². The number of aromatic nitrogens is 3. The van der Waals surface area contributed by atoms with E-state index in [-0.39, 0.29) is 66.7 Å². The predicted octanol–water partition coefficient (Wildman–Crippen LogP) is -3.36. The molecule has 6 atom stereocenters. The molecule has 9 aliphatic rings. The first-order valence-corrected chi connectivity index (χ1v) is 38.3. The van der Waals surface area contributed by atoms with Gasteiger partial charge < -0.3 is 100 Å². The number of nitrogens with zero attached hydrogens (tertiary/aromatic N) is 12. The Morgan fingerprint density at radius 3 is 1.00 bits per heavy atom. The van der Waals surface area contributed by atoms with Gasteiger partial charge >= 0.3 is 11.9 Å². The predicted molar refractivity (Wildman–Crippen MR) is 367 cm³/mol. The minimum absolute atomic E-state index is 0.0496. The van der Waals surface area contributed by atoms with Crippen molar-refractivity contribution in [1.82, 2.24) is 45.6 Å². The van der Waals surface area contributed by atoms with Crippen molar-refractivity contribution in [1.29, 1.82) is 0 Å². The fourth-order valence-electron chi connectivity index (χ4n) is 13.3. The summed E-state index contributed by atoms with van der Waals surface area (Å²) >= 11 is 7.78. The van der Waals surface area contributed by atoms with E-state index in [2.05, 4.69) is 67.5 Å². The Labute approximate surface area is 601 Å². The van der Waals surface area contributed by atoms with Gasteiger partial charge in [-0.05, 0) is 0 Å². The van der Waals surface area contributed by atoms with Crippen LogP contribution in [0.5, 0.6) is 0 Å². The molecule has 101 heavy (non-hydrogen) atoms. The Bertz CT molecular complexity index is 3610. The number of likely N-dealkylation sites (N-methyl/N-ethyl adjacent to an activating group) is 3. The first kappa shape index (κ1) is 77.4. The van der Waals surface area contributed by atoms with Gasteiger partial charge in [-0.2, -0.15) is 0 Å². The van der Waals surface area contributed by atoms with E-state index in [1.54, 1.807) is 16.1 Å². The van der Waals surface area contributed by atoms with Gasteiger partial charge in [0.1, 0.15) is 104 Å². The number of carboxylic acid groups (broad SMARTS) is 3. The number of thioether (sulfide) groups is 3. The van der Waals surface area contributed by atoms with E-state index in [4.69, 9.17) is 51.0 Å². The van der Waals surface area contributed by atoms with E-state index in [0.29, 0.717) is 42.5 Å². The summed E-state index contributed by atoms with van der Waals surface area (Å²) in [5.74, 6) is -5.49. The molecule has 6 saturated heterocycles. The van der Waals surface area contributed by atoms with Crippen molar-refractivity contribution in [3.8, 4) is 0 Å². The highest BCUT2D eigenvalue weighted by molar-refractivity contribution is 8.00. The third-order valence-electron chi connectivity index (χ3n) is 17.7. The fraction of sp³-hybridized carbons (Fsp3) is 0.526. The van der Waals surface area contributed by atoms with Crippen LogP contribution >= 0.6 is 77.1 Å². The molecule has 3 aromatic heterocycles. The van der Waals surface area contributed by atoms with Crippen molar-refractivity contribution >= 4 is 163 Å². The molecule has 548 valence electrons. The summed E-state index contributed by atoms with van der Waals surface area (Å²) in [6.45, 7) is 7.75. The SMILES string of the molecule is CO/N=C(\C(=O)NC1C(=O)N2C(C(=O)O)=C(C[N+]3(C)CCCC3)CS[C@@H]12)c1csc(N)n1.CO/N=C(\C(=O)NC1C(=O)N2C(C(=O)O)=C(C[N+]3(C)CCCC3)CS[C@@H]12)c1csc(N)n1.CO/N=C(\C(=O)NC1C(=O)N2C(C(=O)[O-])=C(C[N+]3(C)CCCC3)CS[C@@H]12)c1csc(N)n1.O=P([O-])([O-])O. The number of anilines is 3. The monoisotopic (exact) mass is 1540 g/mol. The summed E-state index contributed by atoms with van der Waals surface area (Å²) in [4.78, 5) is 168. The van der Waals surface area contributed by atoms with Gasteiger partial charge in [-0.25, -0.2) is 24.5 Å². The van der Waals surface area contributed by atoms with E-state index in [1.165, 1.54) is 71.3 Å². The Morgan fingerprint density at radius 1 is 0.535 bits per heavy atom. The number of nitrogens with two attached hydrogens (primary N) is 3. The van der Waals surface area contributed by atoms with Crippen LogP contribution in [0, 0.1) is 0 Å². The Kier molecular flexibility index (Phi) is 24.7. The molecule has 0 radical (unpaired) electrons. The molecule has 3 aromatic rings. The summed E-state index contributed by atoms with van der Waals surface area (Å²) < 4.78 is 11.0. The number of aliphatic carboxylic acids is 3. The van der Waals surface area contributed by atoms with E-state index < -0.39 is 95.4 Å². The van der Waals surface area contributed by atoms with Gasteiger partial charge in [-0.15, -0.1) is 69.3 Å². The number of hydrogen-bond acceptors (Lipinski definition) is 31. The lowest BCUT2D eigenvalue weighted by Crippen LogP contribution is -2.71. The minimum atomic E-state index is -5.14. The summed E-state index contributed by atoms with van der Waals surface area (Å²) in [6, 6.07) is -2.62. The Morgan fingerprint density at radius 2 is 0.782 bits per heavy atom. The second kappa shape index (κ2) is 32.2. The molecule has 37 nitrogen and oxygen atoms in total. The number of quaternary nitrogens is 3. The van der Waals surface area contributed by atoms with Crippen molar-refractivity contribution in [3.05, 3.63) is 67.0 Å². The second-order valence-corrected chi connectivity index (χ2v) is 32.1. The maximum absolute atomic E-state index is 12.9. The van der Waals surface area contributed by atoms with Gasteiger partial charge in [0.15, 0.2) is 32.5 Å². The average molecular weight is 1540 g/mol. The minimum Gasteiger partial charge on any atom is -0.790 e. The van der Waals surface area contributed by atoms with Crippen LogP contribution in [0.25, 0.3) is 0 Å². The number of amides is 6. The number of likely N-dealkylation sites (tertiary alicyclic amines) is 3. The van der Waals surface area contributed by atoms with Gasteiger partial charge in [-0.3, -0.25) is 43.5 Å². The number of nitrogen functional groups attached to an aromatic ring is 3. The first-order chi connectivity index (χ1) is 47.7. The van der Waals surface area contributed by atoms with Gasteiger partial charge in [0.05, 0.1) is 79.9 Å². The van der Waals surface area contributed by atoms with Crippen LogP contribution in [0.3, 0.4) is 0 Å². The molecule has 12 N–H and O–H groups in total. The molecule has 6 fully saturated rings. The standard InChI is InChI=1S/3C19H24N6O5S2.H3O4P/c3*1-25(5-3-4-6-25)7-10-8-31-17-13(16(27)24(17)14(10)18(28)29)22-15(26)12(23-30-2)11-9-32-19(20)21-11;1-5(2,3)4/h3*9,13,17H,3-8H2,1-2H3,(H3-,20,21,22,26,28,29);(H3,1,2,3,4)/b3*23-12-;/t3*13?,17-;/m000./s1. The lowest BCUT2D eigenvalue weighted by atomic mass is 10.0. The van der Waals surface area contributed by atoms with Crippen LogP contribution in [0.15, 0.2) is 65.4 Å². The van der Waals surface area contributed by atoms with Crippen LogP contribution in [0.1, 0.15) is 55.6 Å². The maximum atomic E-state index is 12.9. The molecule has 0 bridgehead atoms. The number of thiazole rings is 3. The Hall–Kier alpha value is -7.81. The quantitative estimate of drug-likeness (QED) is 0.0165. The van der Waals surface area contributed by atoms with E-state index in [1.807, 2.05) is 0 Å². The third-order valence-corrected chi connectivity index (χ3v) is 23.8. The largest absolute Gasteiger partial charge is 0.790 e. The number of β-lactam (4-membered cyclic amide) rings is 3. The van der Waals surface area contributed by atoms with Crippen molar-refractivity contribution in [2.75, 3.05) is 136 Å². The van der Waals surface area contributed by atoms with Gasteiger partial charge in [-0.1, -0.05) is 15.5 Å².